The summed E-state index contributed by atoms with van der Waals surface area (Å²) in [6, 6.07) is 0. The molecule has 0 aliphatic carbocycles. The number of sulfonamides is 1. The summed E-state index contributed by atoms with van der Waals surface area (Å²) in [4.78, 5) is 7.15. The quantitative estimate of drug-likeness (QED) is 0.636. The first-order valence-corrected chi connectivity index (χ1v) is 5.89. The first kappa shape index (κ1) is 12.1. The van der Waals surface area contributed by atoms with E-state index in [1.807, 2.05) is 0 Å². The summed E-state index contributed by atoms with van der Waals surface area (Å²) in [6.07, 6.45) is 2.30. The molecule has 0 spiro atoms. The van der Waals surface area contributed by atoms with Crippen LogP contribution in [0.25, 0.3) is 0 Å². The van der Waals surface area contributed by atoms with Crippen molar-refractivity contribution in [2.24, 2.45) is 0 Å². The van der Waals surface area contributed by atoms with Gasteiger partial charge >= 0.3 is 0 Å². The van der Waals surface area contributed by atoms with Gasteiger partial charge in [-0.1, -0.05) is 12.2 Å². The van der Waals surface area contributed by atoms with E-state index in [-0.39, 0.29) is 16.7 Å². The van der Waals surface area contributed by atoms with Crippen molar-refractivity contribution in [2.45, 2.75) is 11.8 Å². The number of hydrogen-bond acceptors (Lipinski definition) is 4. The molecule has 0 aromatic carbocycles. The first-order chi connectivity index (χ1) is 6.92. The van der Waals surface area contributed by atoms with Crippen LogP contribution in [0.4, 0.5) is 0 Å². The van der Waals surface area contributed by atoms with Crippen LogP contribution in [-0.4, -0.2) is 24.9 Å². The summed E-state index contributed by atoms with van der Waals surface area (Å²) >= 11 is 5.44. The molecule has 0 unspecified atom stereocenters. The summed E-state index contributed by atoms with van der Waals surface area (Å²) in [6.45, 7) is 5.50. The number of nitrogens with zero attached hydrogens (tertiary/aromatic N) is 2. The Balaban J connectivity index is 2.87. The van der Waals surface area contributed by atoms with E-state index in [2.05, 4.69) is 21.3 Å². The Morgan fingerprint density at radius 2 is 2.07 bits per heavy atom. The van der Waals surface area contributed by atoms with E-state index >= 15 is 0 Å². The van der Waals surface area contributed by atoms with Crippen LogP contribution < -0.4 is 4.72 Å². The molecule has 1 aromatic heterocycles. The lowest BCUT2D eigenvalue weighted by Gasteiger charge is -2.05. The van der Waals surface area contributed by atoms with Crippen LogP contribution in [0.1, 0.15) is 6.92 Å². The molecule has 0 aliphatic rings. The summed E-state index contributed by atoms with van der Waals surface area (Å²) < 4.78 is 25.5. The lowest BCUT2D eigenvalue weighted by atomic mass is 10.4. The molecule has 1 heterocycles. The highest BCUT2D eigenvalue weighted by Gasteiger charge is 2.14. The van der Waals surface area contributed by atoms with Crippen LogP contribution in [0.3, 0.4) is 0 Å². The average molecular weight is 248 g/mol. The monoisotopic (exact) mass is 247 g/mol. The highest BCUT2D eigenvalue weighted by Crippen LogP contribution is 2.07. The molecular formula is C8H10ClN3O2S. The summed E-state index contributed by atoms with van der Waals surface area (Å²) in [5.74, 6) is 0. The van der Waals surface area contributed by atoms with Crippen molar-refractivity contribution in [1.82, 2.24) is 14.7 Å². The van der Waals surface area contributed by atoms with Gasteiger partial charge in [0, 0.05) is 6.54 Å². The van der Waals surface area contributed by atoms with Crippen molar-refractivity contribution in [1.29, 1.82) is 0 Å². The minimum absolute atomic E-state index is 0.00820. The van der Waals surface area contributed by atoms with Gasteiger partial charge in [0.15, 0.2) is 0 Å². The third-order valence-electron chi connectivity index (χ3n) is 1.47. The average Bonchev–Trinajstić information content (AvgIpc) is 2.16. The number of nitrogens with one attached hydrogen (secondary N) is 1. The van der Waals surface area contributed by atoms with Gasteiger partial charge in [-0.2, -0.15) is 0 Å². The molecule has 0 radical (unpaired) electrons. The van der Waals surface area contributed by atoms with Crippen molar-refractivity contribution < 1.29 is 8.42 Å². The predicted octanol–water partition coefficient (Wildman–Crippen LogP) is 0.984. The SMILES string of the molecule is C=C(C)CNS(=O)(=O)c1cnc(Cl)nc1. The van der Waals surface area contributed by atoms with E-state index < -0.39 is 10.0 Å². The van der Waals surface area contributed by atoms with E-state index in [4.69, 9.17) is 11.6 Å². The minimum Gasteiger partial charge on any atom is -0.225 e. The van der Waals surface area contributed by atoms with Crippen LogP contribution >= 0.6 is 11.6 Å². The van der Waals surface area contributed by atoms with Crippen LogP contribution in [0.15, 0.2) is 29.4 Å². The van der Waals surface area contributed by atoms with Gasteiger partial charge in [-0.15, -0.1) is 0 Å². The van der Waals surface area contributed by atoms with Crippen molar-refractivity contribution in [3.8, 4) is 0 Å². The zero-order valence-electron chi connectivity index (χ0n) is 8.07. The standard InChI is InChI=1S/C8H10ClN3O2S/c1-6(2)3-12-15(13,14)7-4-10-8(9)11-5-7/h4-5,12H,1,3H2,2H3. The molecule has 0 saturated carbocycles. The number of aromatic nitrogens is 2. The summed E-state index contributed by atoms with van der Waals surface area (Å²) in [7, 11) is -3.57. The fourth-order valence-corrected chi connectivity index (χ4v) is 1.82. The van der Waals surface area contributed by atoms with Crippen molar-refractivity contribution in [2.75, 3.05) is 6.54 Å². The lowest BCUT2D eigenvalue weighted by Crippen LogP contribution is -2.25. The maximum Gasteiger partial charge on any atom is 0.243 e. The maximum atomic E-state index is 11.6. The molecular weight excluding hydrogens is 238 g/mol. The second-order valence-corrected chi connectivity index (χ2v) is 5.07. The molecule has 0 amide bonds. The molecule has 0 bridgehead atoms. The topological polar surface area (TPSA) is 72.0 Å². The third-order valence-corrected chi connectivity index (χ3v) is 3.02. The van der Waals surface area contributed by atoms with E-state index in [9.17, 15) is 8.42 Å². The zero-order valence-corrected chi connectivity index (χ0v) is 9.64. The molecule has 1 rings (SSSR count). The first-order valence-electron chi connectivity index (χ1n) is 4.03. The number of halogens is 1. The minimum atomic E-state index is -3.57. The molecule has 0 aliphatic heterocycles. The lowest BCUT2D eigenvalue weighted by molar-refractivity contribution is 0.583. The number of rotatable bonds is 4. The normalized spacial score (nSPS) is 11.3. The molecule has 7 heteroatoms. The molecule has 0 fully saturated rings. The smallest absolute Gasteiger partial charge is 0.225 e. The van der Waals surface area contributed by atoms with Crippen molar-refractivity contribution in [3.63, 3.8) is 0 Å². The number of hydrogen-bond donors (Lipinski definition) is 1. The fraction of sp³-hybridized carbons (Fsp3) is 0.250. The van der Waals surface area contributed by atoms with Crippen molar-refractivity contribution in [3.05, 3.63) is 29.8 Å². The third kappa shape index (κ3) is 3.58. The van der Waals surface area contributed by atoms with E-state index in [1.54, 1.807) is 6.92 Å². The summed E-state index contributed by atoms with van der Waals surface area (Å²) in [5, 5.41) is 0.00820. The Kier molecular flexibility index (Phi) is 3.78. The largest absolute Gasteiger partial charge is 0.243 e. The van der Waals surface area contributed by atoms with Crippen molar-refractivity contribution >= 4 is 21.6 Å². The van der Waals surface area contributed by atoms with E-state index in [0.717, 1.165) is 12.4 Å². The maximum absolute atomic E-state index is 11.6. The Morgan fingerprint density at radius 1 is 1.53 bits per heavy atom. The van der Waals surface area contributed by atoms with Gasteiger partial charge in [0.1, 0.15) is 4.90 Å². The molecule has 15 heavy (non-hydrogen) atoms. The second-order valence-electron chi connectivity index (χ2n) is 2.97. The van der Waals surface area contributed by atoms with E-state index in [0.29, 0.717) is 5.57 Å². The molecule has 1 N–H and O–H groups in total. The molecule has 5 nitrogen and oxygen atoms in total. The molecule has 1 aromatic rings. The van der Waals surface area contributed by atoms with Gasteiger partial charge in [-0.3, -0.25) is 0 Å². The van der Waals surface area contributed by atoms with Crippen LogP contribution in [0.2, 0.25) is 5.28 Å². The van der Waals surface area contributed by atoms with Crippen LogP contribution in [-0.2, 0) is 10.0 Å². The van der Waals surface area contributed by atoms with Gasteiger partial charge < -0.3 is 0 Å². The van der Waals surface area contributed by atoms with Gasteiger partial charge in [0.05, 0.1) is 12.4 Å². The Bertz CT molecular complexity index is 455. The van der Waals surface area contributed by atoms with Gasteiger partial charge in [-0.05, 0) is 18.5 Å². The summed E-state index contributed by atoms with van der Waals surface area (Å²) in [5.41, 5.74) is 0.716. The van der Waals surface area contributed by atoms with Crippen LogP contribution in [0, 0.1) is 0 Å². The zero-order chi connectivity index (χ0) is 11.5. The molecule has 82 valence electrons. The van der Waals surface area contributed by atoms with Gasteiger partial charge in [-0.25, -0.2) is 23.1 Å². The van der Waals surface area contributed by atoms with Gasteiger partial charge in [0.2, 0.25) is 15.3 Å². The molecule has 0 atom stereocenters. The Hall–Kier alpha value is -0.980. The Morgan fingerprint density at radius 3 is 2.53 bits per heavy atom. The van der Waals surface area contributed by atoms with Crippen LogP contribution in [0.5, 0.6) is 0 Å². The Labute approximate surface area is 93.3 Å². The predicted molar refractivity (Wildman–Crippen MR) is 57.0 cm³/mol. The second kappa shape index (κ2) is 4.69. The fourth-order valence-electron chi connectivity index (χ4n) is 0.741. The highest BCUT2D eigenvalue weighted by atomic mass is 35.5. The van der Waals surface area contributed by atoms with Gasteiger partial charge in [0.25, 0.3) is 0 Å². The highest BCUT2D eigenvalue weighted by molar-refractivity contribution is 7.89. The molecule has 0 saturated heterocycles. The van der Waals surface area contributed by atoms with E-state index in [1.165, 1.54) is 0 Å².